The normalized spacial score (nSPS) is 10.2. The van der Waals surface area contributed by atoms with E-state index >= 15 is 0 Å². The Hall–Kier alpha value is -0.0600. The van der Waals surface area contributed by atoms with Gasteiger partial charge in [0.2, 0.25) is 0 Å². The summed E-state index contributed by atoms with van der Waals surface area (Å²) in [5, 5.41) is 1.02. The van der Waals surface area contributed by atoms with Gasteiger partial charge in [0.25, 0.3) is 0 Å². The third kappa shape index (κ3) is 1.97. The Morgan fingerprint density at radius 2 is 2.60 bits per heavy atom. The molecule has 0 aliphatic rings. The van der Waals surface area contributed by atoms with Gasteiger partial charge in [-0.05, 0) is 0 Å². The molecule has 10 heavy (non-hydrogen) atoms. The van der Waals surface area contributed by atoms with E-state index in [2.05, 4.69) is 17.6 Å². The number of aromatic nitrogens is 1. The average molecular weight is 175 g/mol. The van der Waals surface area contributed by atoms with Crippen molar-refractivity contribution in [2.24, 2.45) is 0 Å². The molecule has 1 rings (SSSR count). The van der Waals surface area contributed by atoms with Gasteiger partial charge in [-0.1, -0.05) is 0 Å². The van der Waals surface area contributed by atoms with E-state index in [1.54, 1.807) is 18.4 Å². The lowest BCUT2D eigenvalue weighted by Crippen LogP contribution is -1.82. The predicted molar refractivity (Wildman–Crippen MR) is 45.5 cm³/mol. The molecule has 0 unspecified atom stereocenters. The Balaban J connectivity index is 2.59. The van der Waals surface area contributed by atoms with Crippen molar-refractivity contribution in [3.8, 4) is 0 Å². The lowest BCUT2D eigenvalue weighted by Gasteiger charge is -1.88. The highest BCUT2D eigenvalue weighted by molar-refractivity contribution is 7.79. The minimum absolute atomic E-state index is 0.610. The van der Waals surface area contributed by atoms with E-state index in [-0.39, 0.29) is 0 Å². The van der Waals surface area contributed by atoms with E-state index in [1.165, 1.54) is 4.88 Å². The first kappa shape index (κ1) is 8.04. The molecule has 0 saturated carbocycles. The van der Waals surface area contributed by atoms with E-state index in [4.69, 9.17) is 4.74 Å². The van der Waals surface area contributed by atoms with Crippen LogP contribution in [0.5, 0.6) is 0 Å². The Bertz CT molecular complexity index is 199. The Morgan fingerprint density at radius 3 is 3.10 bits per heavy atom. The van der Waals surface area contributed by atoms with Crippen LogP contribution >= 0.6 is 24.0 Å². The van der Waals surface area contributed by atoms with Crippen molar-refractivity contribution >= 4 is 24.0 Å². The molecule has 56 valence electrons. The van der Waals surface area contributed by atoms with Crippen molar-refractivity contribution in [3.63, 3.8) is 0 Å². The second-order valence-corrected chi connectivity index (χ2v) is 3.33. The Morgan fingerprint density at radius 1 is 1.80 bits per heavy atom. The molecule has 0 aliphatic carbocycles. The van der Waals surface area contributed by atoms with E-state index in [0.717, 1.165) is 10.8 Å². The zero-order valence-corrected chi connectivity index (χ0v) is 7.41. The summed E-state index contributed by atoms with van der Waals surface area (Å²) in [6.45, 7) is 0.610. The second kappa shape index (κ2) is 3.95. The largest absolute Gasteiger partial charge is 0.378 e. The number of thiol groups is 1. The van der Waals surface area contributed by atoms with E-state index in [1.807, 2.05) is 6.20 Å². The highest BCUT2D eigenvalue weighted by Gasteiger charge is 1.97. The van der Waals surface area contributed by atoms with Gasteiger partial charge in [0.1, 0.15) is 5.01 Å². The van der Waals surface area contributed by atoms with Gasteiger partial charge in [-0.2, -0.15) is 12.6 Å². The van der Waals surface area contributed by atoms with Crippen molar-refractivity contribution in [2.45, 2.75) is 12.4 Å². The molecular weight excluding hydrogens is 166 g/mol. The smallest absolute Gasteiger partial charge is 0.119 e. The summed E-state index contributed by atoms with van der Waals surface area (Å²) in [5.74, 6) is 0.765. The molecule has 0 spiro atoms. The molecule has 2 nitrogen and oxygen atoms in total. The third-order valence-corrected chi connectivity index (χ3v) is 2.55. The summed E-state index contributed by atoms with van der Waals surface area (Å²) in [6, 6.07) is 0. The molecule has 1 aromatic heterocycles. The molecule has 0 radical (unpaired) electrons. The van der Waals surface area contributed by atoms with Crippen LogP contribution < -0.4 is 0 Å². The van der Waals surface area contributed by atoms with Gasteiger partial charge in [-0.15, -0.1) is 11.3 Å². The maximum absolute atomic E-state index is 4.91. The molecule has 0 amide bonds. The van der Waals surface area contributed by atoms with Crippen LogP contribution in [0, 0.1) is 0 Å². The molecular formula is C6H9NOS2. The first-order valence-electron chi connectivity index (χ1n) is 2.90. The molecule has 0 saturated heterocycles. The SMILES string of the molecule is COCc1ncc(CS)s1. The van der Waals surface area contributed by atoms with Gasteiger partial charge in [0.15, 0.2) is 0 Å². The summed E-state index contributed by atoms with van der Waals surface area (Å²) < 4.78 is 4.91. The fraction of sp³-hybridized carbons (Fsp3) is 0.500. The van der Waals surface area contributed by atoms with Crippen LogP contribution in [0.25, 0.3) is 0 Å². The van der Waals surface area contributed by atoms with Crippen LogP contribution in [0.3, 0.4) is 0 Å². The molecule has 4 heteroatoms. The summed E-state index contributed by atoms with van der Waals surface area (Å²) in [4.78, 5) is 5.31. The molecule has 0 aromatic carbocycles. The predicted octanol–water partition coefficient (Wildman–Crippen LogP) is 1.72. The number of methoxy groups -OCH3 is 1. The highest BCUT2D eigenvalue weighted by atomic mass is 32.1. The maximum atomic E-state index is 4.91. The Labute approximate surface area is 69.7 Å². The fourth-order valence-corrected chi connectivity index (χ4v) is 1.64. The Kier molecular flexibility index (Phi) is 3.18. The summed E-state index contributed by atoms with van der Waals surface area (Å²) in [7, 11) is 1.67. The number of thiazole rings is 1. The van der Waals surface area contributed by atoms with Crippen LogP contribution in [-0.4, -0.2) is 12.1 Å². The van der Waals surface area contributed by atoms with Crippen molar-refractivity contribution in [2.75, 3.05) is 7.11 Å². The maximum Gasteiger partial charge on any atom is 0.119 e. The molecule has 0 aliphatic heterocycles. The van der Waals surface area contributed by atoms with Gasteiger partial charge in [0.05, 0.1) is 6.61 Å². The topological polar surface area (TPSA) is 22.1 Å². The van der Waals surface area contributed by atoms with Gasteiger partial charge in [0, 0.05) is 23.9 Å². The first-order chi connectivity index (χ1) is 4.86. The minimum Gasteiger partial charge on any atom is -0.378 e. The highest BCUT2D eigenvalue weighted by Crippen LogP contribution is 2.14. The molecule has 0 N–H and O–H groups in total. The number of hydrogen-bond acceptors (Lipinski definition) is 4. The van der Waals surface area contributed by atoms with E-state index < -0.39 is 0 Å². The minimum atomic E-state index is 0.610. The van der Waals surface area contributed by atoms with Crippen LogP contribution in [0.4, 0.5) is 0 Å². The molecule has 1 aromatic rings. The lowest BCUT2D eigenvalue weighted by molar-refractivity contribution is 0.184. The van der Waals surface area contributed by atoms with Crippen molar-refractivity contribution in [1.82, 2.24) is 4.98 Å². The number of nitrogens with zero attached hydrogens (tertiary/aromatic N) is 1. The van der Waals surface area contributed by atoms with E-state index in [0.29, 0.717) is 6.61 Å². The zero-order chi connectivity index (χ0) is 7.40. The lowest BCUT2D eigenvalue weighted by atomic mass is 10.6. The standard InChI is InChI=1S/C6H9NOS2/c1-8-3-6-7-2-5(4-9)10-6/h2,9H,3-4H2,1H3. The summed E-state index contributed by atoms with van der Waals surface area (Å²) in [6.07, 6.45) is 1.84. The van der Waals surface area contributed by atoms with Crippen molar-refractivity contribution in [1.29, 1.82) is 0 Å². The summed E-state index contributed by atoms with van der Waals surface area (Å²) in [5.41, 5.74) is 0. The molecule has 0 bridgehead atoms. The van der Waals surface area contributed by atoms with Crippen LogP contribution in [0.15, 0.2) is 6.20 Å². The van der Waals surface area contributed by atoms with Crippen molar-refractivity contribution < 1.29 is 4.74 Å². The monoisotopic (exact) mass is 175 g/mol. The van der Waals surface area contributed by atoms with Gasteiger partial charge in [-0.3, -0.25) is 0 Å². The van der Waals surface area contributed by atoms with Crippen LogP contribution in [-0.2, 0) is 17.1 Å². The number of ether oxygens (including phenoxy) is 1. The van der Waals surface area contributed by atoms with Crippen molar-refractivity contribution in [3.05, 3.63) is 16.1 Å². The van der Waals surface area contributed by atoms with Crippen LogP contribution in [0.2, 0.25) is 0 Å². The summed E-state index contributed by atoms with van der Waals surface area (Å²) >= 11 is 5.77. The number of rotatable bonds is 3. The second-order valence-electron chi connectivity index (χ2n) is 1.81. The molecule has 0 atom stereocenters. The van der Waals surface area contributed by atoms with E-state index in [9.17, 15) is 0 Å². The van der Waals surface area contributed by atoms with Gasteiger partial charge in [-0.25, -0.2) is 4.98 Å². The molecule has 1 heterocycles. The third-order valence-electron chi connectivity index (χ3n) is 1.03. The van der Waals surface area contributed by atoms with Gasteiger partial charge >= 0.3 is 0 Å². The zero-order valence-electron chi connectivity index (χ0n) is 5.70. The number of hydrogen-bond donors (Lipinski definition) is 1. The molecule has 0 fully saturated rings. The van der Waals surface area contributed by atoms with Gasteiger partial charge < -0.3 is 4.74 Å². The van der Waals surface area contributed by atoms with Crippen LogP contribution in [0.1, 0.15) is 9.88 Å². The quantitative estimate of drug-likeness (QED) is 0.707. The first-order valence-corrected chi connectivity index (χ1v) is 4.35. The fourth-order valence-electron chi connectivity index (χ4n) is 0.611. The average Bonchev–Trinajstić information content (AvgIpc) is 2.37.